The minimum atomic E-state index is -0.253. The summed E-state index contributed by atoms with van der Waals surface area (Å²) in [6, 6.07) is 0. The van der Waals surface area contributed by atoms with Crippen LogP contribution < -0.4 is 5.73 Å². The Kier molecular flexibility index (Phi) is 5.70. The van der Waals surface area contributed by atoms with Gasteiger partial charge >= 0.3 is 0 Å². The molecule has 66 valence electrons. The van der Waals surface area contributed by atoms with Crippen LogP contribution in [-0.4, -0.2) is 5.91 Å². The van der Waals surface area contributed by atoms with Crippen molar-refractivity contribution < 1.29 is 4.79 Å². The van der Waals surface area contributed by atoms with E-state index in [-0.39, 0.29) is 5.91 Å². The Morgan fingerprint density at radius 3 is 2.42 bits per heavy atom. The second kappa shape index (κ2) is 6.40. The van der Waals surface area contributed by atoms with Crippen LogP contribution in [0.4, 0.5) is 0 Å². The zero-order valence-electron chi connectivity index (χ0n) is 7.25. The minimum absolute atomic E-state index is 0.253. The highest BCUT2D eigenvalue weighted by Crippen LogP contribution is 2.07. The average molecular weight is 165 g/mol. The van der Waals surface area contributed by atoms with Crippen molar-refractivity contribution in [1.29, 1.82) is 0 Å². The van der Waals surface area contributed by atoms with E-state index < -0.39 is 0 Å². The number of rotatable bonds is 6. The molecule has 0 spiro atoms. The normalized spacial score (nSPS) is 10.8. The minimum Gasteiger partial charge on any atom is -0.370 e. The Bertz CT molecular complexity index is 204. The van der Waals surface area contributed by atoms with Gasteiger partial charge in [0.05, 0.1) is 0 Å². The van der Waals surface area contributed by atoms with E-state index in [0.29, 0.717) is 6.42 Å². The maximum atomic E-state index is 10.4. The lowest BCUT2D eigenvalue weighted by Crippen LogP contribution is -2.09. The summed E-state index contributed by atoms with van der Waals surface area (Å²) in [5.41, 5.74) is 6.08. The highest BCUT2D eigenvalue weighted by Gasteiger charge is 1.95. The molecule has 0 saturated carbocycles. The van der Waals surface area contributed by atoms with E-state index >= 15 is 0 Å². The molecule has 2 nitrogen and oxygen atoms in total. The Hall–Kier alpha value is -1.31. The molecule has 0 fully saturated rings. The molecule has 0 aliphatic rings. The summed E-state index contributed by atoms with van der Waals surface area (Å²) in [5.74, 6) is -0.253. The van der Waals surface area contributed by atoms with Crippen molar-refractivity contribution in [3.63, 3.8) is 0 Å². The molecule has 0 aromatic rings. The lowest BCUT2D eigenvalue weighted by atomic mass is 10.1. The molecule has 2 N–H and O–H groups in total. The standard InChI is InChI=1S/C10H15NO/c1-3-6-9(4-2)7-5-8-10(11)12/h3-4,6H,1-2,5,7-8H2,(H2,11,12)/b9-6+. The van der Waals surface area contributed by atoms with Gasteiger partial charge in [0.2, 0.25) is 5.91 Å². The molecule has 0 radical (unpaired) electrons. The fourth-order valence-corrected chi connectivity index (χ4v) is 0.872. The number of carbonyl (C=O) groups is 1. The molecule has 0 heterocycles. The van der Waals surface area contributed by atoms with Gasteiger partial charge in [0.1, 0.15) is 0 Å². The highest BCUT2D eigenvalue weighted by molar-refractivity contribution is 5.73. The molecule has 0 atom stereocenters. The highest BCUT2D eigenvalue weighted by atomic mass is 16.1. The van der Waals surface area contributed by atoms with Crippen molar-refractivity contribution in [2.75, 3.05) is 0 Å². The summed E-state index contributed by atoms with van der Waals surface area (Å²) in [6.07, 6.45) is 7.40. The zero-order valence-corrected chi connectivity index (χ0v) is 7.25. The second-order valence-corrected chi connectivity index (χ2v) is 2.50. The predicted molar refractivity (Wildman–Crippen MR) is 51.5 cm³/mol. The first-order chi connectivity index (χ1) is 5.70. The molecule has 0 aliphatic carbocycles. The number of nitrogens with two attached hydrogens (primary N) is 1. The van der Waals surface area contributed by atoms with Gasteiger partial charge in [0.15, 0.2) is 0 Å². The lowest BCUT2D eigenvalue weighted by molar-refractivity contribution is -0.118. The van der Waals surface area contributed by atoms with Crippen LogP contribution in [0.3, 0.4) is 0 Å². The van der Waals surface area contributed by atoms with Gasteiger partial charge in [0, 0.05) is 6.42 Å². The fraction of sp³-hybridized carbons (Fsp3) is 0.300. The topological polar surface area (TPSA) is 43.1 Å². The van der Waals surface area contributed by atoms with Crippen molar-refractivity contribution in [3.8, 4) is 0 Å². The van der Waals surface area contributed by atoms with Crippen molar-refractivity contribution in [2.24, 2.45) is 5.73 Å². The molecule has 12 heavy (non-hydrogen) atoms. The third-order valence-electron chi connectivity index (χ3n) is 1.48. The number of amides is 1. The van der Waals surface area contributed by atoms with Gasteiger partial charge in [-0.2, -0.15) is 0 Å². The van der Waals surface area contributed by atoms with E-state index in [1.165, 1.54) is 0 Å². The molecule has 0 bridgehead atoms. The van der Waals surface area contributed by atoms with Crippen molar-refractivity contribution in [2.45, 2.75) is 19.3 Å². The van der Waals surface area contributed by atoms with Gasteiger partial charge in [0.25, 0.3) is 0 Å². The molecule has 0 rings (SSSR count). The maximum Gasteiger partial charge on any atom is 0.217 e. The third-order valence-corrected chi connectivity index (χ3v) is 1.48. The summed E-state index contributed by atoms with van der Waals surface area (Å²) >= 11 is 0. The largest absolute Gasteiger partial charge is 0.370 e. The van der Waals surface area contributed by atoms with Gasteiger partial charge in [-0.3, -0.25) is 4.79 Å². The predicted octanol–water partition coefficient (Wildman–Crippen LogP) is 1.94. The van der Waals surface area contributed by atoms with Crippen molar-refractivity contribution in [1.82, 2.24) is 0 Å². The second-order valence-electron chi connectivity index (χ2n) is 2.50. The van der Waals surface area contributed by atoms with Gasteiger partial charge in [-0.15, -0.1) is 0 Å². The first-order valence-corrected chi connectivity index (χ1v) is 3.93. The molecule has 0 aromatic carbocycles. The molecular weight excluding hydrogens is 150 g/mol. The van der Waals surface area contributed by atoms with Crippen molar-refractivity contribution in [3.05, 3.63) is 37.0 Å². The summed E-state index contributed by atoms with van der Waals surface area (Å²) in [5, 5.41) is 0. The summed E-state index contributed by atoms with van der Waals surface area (Å²) in [6.45, 7) is 7.22. The van der Waals surface area contributed by atoms with E-state index in [9.17, 15) is 4.79 Å². The Morgan fingerprint density at radius 2 is 2.00 bits per heavy atom. The number of allylic oxidation sites excluding steroid dienone is 4. The zero-order chi connectivity index (χ0) is 9.40. The number of hydrogen-bond acceptors (Lipinski definition) is 1. The van der Waals surface area contributed by atoms with E-state index in [1.54, 1.807) is 12.2 Å². The molecular formula is C10H15NO. The van der Waals surface area contributed by atoms with E-state index in [0.717, 1.165) is 18.4 Å². The van der Waals surface area contributed by atoms with Crippen LogP contribution in [0.25, 0.3) is 0 Å². The quantitative estimate of drug-likeness (QED) is 0.600. The first kappa shape index (κ1) is 10.7. The number of hydrogen-bond donors (Lipinski definition) is 1. The first-order valence-electron chi connectivity index (χ1n) is 3.93. The SMILES string of the molecule is C=C/C=C(\C=C)CCCC(N)=O. The van der Waals surface area contributed by atoms with Crippen LogP contribution >= 0.6 is 0 Å². The Balaban J connectivity index is 3.73. The molecule has 0 unspecified atom stereocenters. The van der Waals surface area contributed by atoms with E-state index in [1.807, 2.05) is 6.08 Å². The van der Waals surface area contributed by atoms with Crippen LogP contribution in [0.15, 0.2) is 37.0 Å². The van der Waals surface area contributed by atoms with Gasteiger partial charge in [-0.25, -0.2) is 0 Å². The molecule has 0 saturated heterocycles. The van der Waals surface area contributed by atoms with Crippen LogP contribution in [0, 0.1) is 0 Å². The maximum absolute atomic E-state index is 10.4. The third kappa shape index (κ3) is 5.47. The lowest BCUT2D eigenvalue weighted by Gasteiger charge is -1.98. The van der Waals surface area contributed by atoms with E-state index in [4.69, 9.17) is 5.73 Å². The summed E-state index contributed by atoms with van der Waals surface area (Å²) in [4.78, 5) is 10.4. The average Bonchev–Trinajstić information content (AvgIpc) is 2.02. The van der Waals surface area contributed by atoms with Gasteiger partial charge < -0.3 is 5.73 Å². The molecule has 2 heteroatoms. The van der Waals surface area contributed by atoms with E-state index in [2.05, 4.69) is 13.2 Å². The van der Waals surface area contributed by atoms with Gasteiger partial charge in [-0.1, -0.05) is 31.4 Å². The summed E-state index contributed by atoms with van der Waals surface area (Å²) in [7, 11) is 0. The van der Waals surface area contributed by atoms with Crippen molar-refractivity contribution >= 4 is 5.91 Å². The Morgan fingerprint density at radius 1 is 1.33 bits per heavy atom. The fourth-order valence-electron chi connectivity index (χ4n) is 0.872. The monoisotopic (exact) mass is 165 g/mol. The van der Waals surface area contributed by atoms with Gasteiger partial charge in [-0.05, 0) is 18.4 Å². The number of carbonyl (C=O) groups excluding carboxylic acids is 1. The number of primary amides is 1. The van der Waals surface area contributed by atoms with Crippen LogP contribution in [0.5, 0.6) is 0 Å². The Labute approximate surface area is 73.5 Å². The van der Waals surface area contributed by atoms with Crippen LogP contribution in [0.1, 0.15) is 19.3 Å². The smallest absolute Gasteiger partial charge is 0.217 e. The summed E-state index contributed by atoms with van der Waals surface area (Å²) < 4.78 is 0. The molecule has 0 aliphatic heterocycles. The molecule has 0 aromatic heterocycles. The van der Waals surface area contributed by atoms with Crippen LogP contribution in [0.2, 0.25) is 0 Å². The molecule has 1 amide bonds. The van der Waals surface area contributed by atoms with Crippen LogP contribution in [-0.2, 0) is 4.79 Å².